The molecule has 2 saturated carbocycles. The van der Waals surface area contributed by atoms with Crippen LogP contribution in [0.4, 0.5) is 0 Å². The van der Waals surface area contributed by atoms with E-state index in [0.717, 1.165) is 11.7 Å². The number of para-hydroxylation sites is 1. The largest absolute Gasteiger partial charge is 0.488 e. The average molecular weight is 539 g/mol. The van der Waals surface area contributed by atoms with E-state index in [0.29, 0.717) is 12.2 Å². The maximum absolute atomic E-state index is 5.67. The predicted molar refractivity (Wildman–Crippen MR) is 166 cm³/mol. The Bertz CT molecular complexity index is 662. The highest BCUT2D eigenvalue weighted by atomic mass is 16.5. The molecule has 2 aliphatic rings. The molecule has 0 aliphatic heterocycles. The molecule has 0 aromatic heterocycles. The van der Waals surface area contributed by atoms with Gasteiger partial charge in [0, 0.05) is 7.11 Å². The van der Waals surface area contributed by atoms with E-state index in [1.165, 1.54) is 32.1 Å². The number of hydrogen-bond donors (Lipinski definition) is 0. The van der Waals surface area contributed by atoms with Gasteiger partial charge in [0.2, 0.25) is 0 Å². The zero-order valence-corrected chi connectivity index (χ0v) is 28.3. The van der Waals surface area contributed by atoms with Crippen LogP contribution in [0.25, 0.3) is 0 Å². The molecule has 38 heavy (non-hydrogen) atoms. The van der Waals surface area contributed by atoms with Crippen LogP contribution in [-0.2, 0) is 14.2 Å². The molecule has 0 radical (unpaired) electrons. The molecule has 3 rings (SSSR count). The van der Waals surface area contributed by atoms with Crippen molar-refractivity contribution in [3.05, 3.63) is 30.3 Å². The Hall–Kier alpha value is -1.10. The smallest absolute Gasteiger partial charge is 0.120 e. The molecule has 4 heteroatoms. The van der Waals surface area contributed by atoms with Crippen LogP contribution in [-0.4, -0.2) is 41.7 Å². The highest BCUT2D eigenvalue weighted by Crippen LogP contribution is 2.27. The van der Waals surface area contributed by atoms with Gasteiger partial charge in [-0.05, 0) is 134 Å². The van der Waals surface area contributed by atoms with Gasteiger partial charge in [-0.1, -0.05) is 38.0 Å². The number of benzene rings is 1. The summed E-state index contributed by atoms with van der Waals surface area (Å²) in [6.45, 7) is 31.1. The lowest BCUT2D eigenvalue weighted by atomic mass is 9.95. The Balaban J connectivity index is 0. The minimum absolute atomic E-state index is 0.0220. The fraction of sp³-hybridized carbons (Fsp3) is 0.824. The summed E-state index contributed by atoms with van der Waals surface area (Å²) in [6, 6.07) is 9.86. The SMILES string of the molecule is CC(C)(C)OC1CCC1.CC(C)(C)Oc1ccccc1.CC(C)OC(C)(C)C.CC1CC1.COC(C)(C)C. The zero-order valence-electron chi connectivity index (χ0n) is 28.3. The molecule has 2 fully saturated rings. The van der Waals surface area contributed by atoms with E-state index in [2.05, 4.69) is 48.5 Å². The first-order valence-electron chi connectivity index (χ1n) is 14.7. The first kappa shape index (κ1) is 39.0. The molecule has 0 atom stereocenters. The van der Waals surface area contributed by atoms with Crippen LogP contribution < -0.4 is 4.74 Å². The molecule has 4 nitrogen and oxygen atoms in total. The Labute approximate surface area is 238 Å². The van der Waals surface area contributed by atoms with Crippen LogP contribution in [0.2, 0.25) is 0 Å². The molecule has 0 heterocycles. The number of methoxy groups -OCH3 is 1. The third-order valence-electron chi connectivity index (χ3n) is 4.81. The van der Waals surface area contributed by atoms with Gasteiger partial charge in [0.1, 0.15) is 11.4 Å². The summed E-state index contributed by atoms with van der Waals surface area (Å²) in [4.78, 5) is 0. The van der Waals surface area contributed by atoms with E-state index >= 15 is 0 Å². The van der Waals surface area contributed by atoms with E-state index in [1.807, 2.05) is 85.7 Å². The standard InChI is InChI=1S/C10H14O.C8H16O.C7H16O.C5H12O.C4H8/c1-10(2,3)11-9-7-5-4-6-8-9;1-8(2,3)9-7-5-4-6-7;1-6(2)8-7(3,4)5;1-5(2,3)6-4;1-4-2-3-4/h4-8H,1-3H3;7H,4-6H2,1-3H3;6H,1-5H3;1-4H3;4H,2-3H2,1H3. The Morgan fingerprint density at radius 3 is 1.24 bits per heavy atom. The molecule has 0 saturated heterocycles. The molecule has 0 unspecified atom stereocenters. The number of ether oxygens (including phenoxy) is 4. The second-order valence-corrected chi connectivity index (χ2v) is 14.6. The van der Waals surface area contributed by atoms with Crippen molar-refractivity contribution in [2.45, 2.75) is 171 Å². The first-order chi connectivity index (χ1) is 17.0. The number of rotatable bonds is 3. The van der Waals surface area contributed by atoms with E-state index < -0.39 is 0 Å². The second kappa shape index (κ2) is 18.3. The molecular weight excluding hydrogens is 472 g/mol. The third kappa shape index (κ3) is 34.9. The van der Waals surface area contributed by atoms with E-state index in [9.17, 15) is 0 Å². The highest BCUT2D eigenvalue weighted by molar-refractivity contribution is 5.21. The zero-order chi connectivity index (χ0) is 30.2. The summed E-state index contributed by atoms with van der Waals surface area (Å²) in [5.74, 6) is 2.01. The van der Waals surface area contributed by atoms with Gasteiger partial charge in [-0.3, -0.25) is 0 Å². The topological polar surface area (TPSA) is 36.9 Å². The molecular formula is C34H66O4. The molecule has 0 amide bonds. The van der Waals surface area contributed by atoms with Crippen LogP contribution in [0.15, 0.2) is 30.3 Å². The maximum Gasteiger partial charge on any atom is 0.120 e. The van der Waals surface area contributed by atoms with Gasteiger partial charge in [-0.25, -0.2) is 0 Å². The van der Waals surface area contributed by atoms with Crippen molar-refractivity contribution in [1.29, 1.82) is 0 Å². The fourth-order valence-corrected chi connectivity index (χ4v) is 2.70. The Morgan fingerprint density at radius 2 is 1.08 bits per heavy atom. The van der Waals surface area contributed by atoms with Gasteiger partial charge >= 0.3 is 0 Å². The summed E-state index contributed by atoms with van der Waals surface area (Å²) in [5, 5.41) is 0. The van der Waals surface area contributed by atoms with Crippen LogP contribution in [0, 0.1) is 5.92 Å². The lowest BCUT2D eigenvalue weighted by Crippen LogP contribution is -2.31. The Kier molecular flexibility index (Phi) is 18.8. The minimum atomic E-state index is -0.0959. The van der Waals surface area contributed by atoms with Gasteiger partial charge in [0.15, 0.2) is 0 Å². The van der Waals surface area contributed by atoms with Crippen LogP contribution >= 0.6 is 0 Å². The van der Waals surface area contributed by atoms with E-state index in [-0.39, 0.29) is 22.4 Å². The van der Waals surface area contributed by atoms with Crippen LogP contribution in [0.1, 0.15) is 136 Å². The van der Waals surface area contributed by atoms with Crippen molar-refractivity contribution in [1.82, 2.24) is 0 Å². The quantitative estimate of drug-likeness (QED) is 0.383. The van der Waals surface area contributed by atoms with E-state index in [4.69, 9.17) is 18.9 Å². The molecule has 1 aromatic rings. The normalized spacial score (nSPS) is 15.7. The summed E-state index contributed by atoms with van der Waals surface area (Å²) in [6.07, 6.45) is 7.80. The average Bonchev–Trinajstić information content (AvgIpc) is 3.45. The fourth-order valence-electron chi connectivity index (χ4n) is 2.70. The molecule has 0 N–H and O–H groups in total. The van der Waals surface area contributed by atoms with Gasteiger partial charge in [-0.15, -0.1) is 0 Å². The predicted octanol–water partition coefficient (Wildman–Crippen LogP) is 10.3. The molecule has 0 bridgehead atoms. The number of hydrogen-bond acceptors (Lipinski definition) is 4. The summed E-state index contributed by atoms with van der Waals surface area (Å²) in [5.41, 5.74) is 0.0423. The summed E-state index contributed by atoms with van der Waals surface area (Å²) >= 11 is 0. The van der Waals surface area contributed by atoms with Crippen molar-refractivity contribution in [2.24, 2.45) is 5.92 Å². The van der Waals surface area contributed by atoms with Crippen molar-refractivity contribution < 1.29 is 18.9 Å². The first-order valence-corrected chi connectivity index (χ1v) is 14.7. The van der Waals surface area contributed by atoms with E-state index in [1.54, 1.807) is 7.11 Å². The minimum Gasteiger partial charge on any atom is -0.488 e. The molecule has 1 aromatic carbocycles. The van der Waals surface area contributed by atoms with Gasteiger partial charge < -0.3 is 18.9 Å². The Morgan fingerprint density at radius 1 is 0.658 bits per heavy atom. The monoisotopic (exact) mass is 538 g/mol. The summed E-state index contributed by atoms with van der Waals surface area (Å²) < 4.78 is 21.7. The van der Waals surface area contributed by atoms with Gasteiger partial charge in [-0.2, -0.15) is 0 Å². The third-order valence-corrected chi connectivity index (χ3v) is 4.81. The molecule has 0 spiro atoms. The maximum atomic E-state index is 5.67. The highest BCUT2D eigenvalue weighted by Gasteiger charge is 2.23. The lowest BCUT2D eigenvalue weighted by molar-refractivity contribution is -0.0916. The van der Waals surface area contributed by atoms with Gasteiger partial charge in [0.25, 0.3) is 0 Å². The van der Waals surface area contributed by atoms with Crippen LogP contribution in [0.3, 0.4) is 0 Å². The van der Waals surface area contributed by atoms with Crippen LogP contribution in [0.5, 0.6) is 5.75 Å². The van der Waals surface area contributed by atoms with Crippen molar-refractivity contribution in [3.63, 3.8) is 0 Å². The van der Waals surface area contributed by atoms with Gasteiger partial charge in [0.05, 0.1) is 29.0 Å². The van der Waals surface area contributed by atoms with Crippen molar-refractivity contribution >= 4 is 0 Å². The van der Waals surface area contributed by atoms with Crippen molar-refractivity contribution in [2.75, 3.05) is 7.11 Å². The summed E-state index contributed by atoms with van der Waals surface area (Å²) in [7, 11) is 1.71. The molecule has 2 aliphatic carbocycles. The molecule has 226 valence electrons. The van der Waals surface area contributed by atoms with Crippen molar-refractivity contribution in [3.8, 4) is 5.75 Å². The lowest BCUT2D eigenvalue weighted by Gasteiger charge is -2.32. The second-order valence-electron chi connectivity index (χ2n) is 14.6.